The van der Waals surface area contributed by atoms with Crippen molar-refractivity contribution < 1.29 is 18.6 Å². The van der Waals surface area contributed by atoms with Crippen molar-refractivity contribution in [2.24, 2.45) is 0 Å². The fourth-order valence-corrected chi connectivity index (χ4v) is 1.68. The van der Waals surface area contributed by atoms with Crippen molar-refractivity contribution in [2.75, 3.05) is 13.2 Å². The maximum Gasteiger partial charge on any atom is 0.143 e. The number of aliphatic hydroxyl groups is 1. The summed E-state index contributed by atoms with van der Waals surface area (Å²) < 4.78 is 32.0. The number of aliphatic hydroxyl groups excluding tert-OH is 1. The van der Waals surface area contributed by atoms with Gasteiger partial charge in [0.05, 0.1) is 17.2 Å². The second-order valence-corrected chi connectivity index (χ2v) is 4.19. The summed E-state index contributed by atoms with van der Waals surface area (Å²) in [6, 6.07) is 2.46. The van der Waals surface area contributed by atoms with Gasteiger partial charge in [0.2, 0.25) is 0 Å². The topological polar surface area (TPSA) is 29.5 Å². The molecule has 0 saturated carbocycles. The molecular weight excluding hydrogens is 282 g/mol. The van der Waals surface area contributed by atoms with Gasteiger partial charge in [-0.1, -0.05) is 0 Å². The van der Waals surface area contributed by atoms with E-state index >= 15 is 0 Å². The van der Waals surface area contributed by atoms with Gasteiger partial charge in [-0.25, -0.2) is 8.78 Å². The summed E-state index contributed by atoms with van der Waals surface area (Å²) in [4.78, 5) is 0. The van der Waals surface area contributed by atoms with Crippen LogP contribution in [0.3, 0.4) is 0 Å². The highest BCUT2D eigenvalue weighted by Gasteiger charge is 2.16. The van der Waals surface area contributed by atoms with Gasteiger partial charge in [0, 0.05) is 18.6 Å². The van der Waals surface area contributed by atoms with Gasteiger partial charge >= 0.3 is 0 Å². The molecule has 90 valence electrons. The van der Waals surface area contributed by atoms with Crippen LogP contribution < -0.4 is 0 Å². The van der Waals surface area contributed by atoms with Crippen molar-refractivity contribution in [1.29, 1.82) is 0 Å². The van der Waals surface area contributed by atoms with Crippen molar-refractivity contribution >= 4 is 15.9 Å². The van der Waals surface area contributed by atoms with E-state index in [1.807, 2.05) is 0 Å². The molecule has 1 rings (SSSR count). The lowest BCUT2D eigenvalue weighted by atomic mass is 10.1. The summed E-state index contributed by atoms with van der Waals surface area (Å²) in [5.41, 5.74) is -0.124. The van der Waals surface area contributed by atoms with Crippen LogP contribution in [-0.2, 0) is 11.2 Å². The van der Waals surface area contributed by atoms with Crippen molar-refractivity contribution in [3.05, 3.63) is 33.8 Å². The molecule has 0 heterocycles. The summed E-state index contributed by atoms with van der Waals surface area (Å²) in [5, 5.41) is 9.50. The summed E-state index contributed by atoms with van der Waals surface area (Å²) in [7, 11) is 0. The van der Waals surface area contributed by atoms with Gasteiger partial charge in [-0.3, -0.25) is 0 Å². The Hall–Kier alpha value is -0.520. The number of benzene rings is 1. The minimum atomic E-state index is -0.904. The smallest absolute Gasteiger partial charge is 0.143 e. The summed E-state index contributed by atoms with van der Waals surface area (Å²) in [5.74, 6) is -1.33. The second kappa shape index (κ2) is 6.27. The normalized spacial score (nSPS) is 12.8. The Morgan fingerprint density at radius 2 is 2.12 bits per heavy atom. The van der Waals surface area contributed by atoms with Crippen LogP contribution in [0.2, 0.25) is 0 Å². The van der Waals surface area contributed by atoms with Crippen molar-refractivity contribution in [2.45, 2.75) is 19.4 Å². The average molecular weight is 295 g/mol. The van der Waals surface area contributed by atoms with Crippen molar-refractivity contribution in [1.82, 2.24) is 0 Å². The molecule has 0 radical (unpaired) electrons. The van der Waals surface area contributed by atoms with Crippen LogP contribution in [-0.4, -0.2) is 24.4 Å². The quantitative estimate of drug-likeness (QED) is 0.846. The van der Waals surface area contributed by atoms with Crippen LogP contribution in [0.4, 0.5) is 8.78 Å². The Morgan fingerprint density at radius 1 is 1.44 bits per heavy atom. The zero-order valence-corrected chi connectivity index (χ0v) is 10.4. The molecule has 1 aromatic carbocycles. The lowest BCUT2D eigenvalue weighted by Gasteiger charge is -2.12. The van der Waals surface area contributed by atoms with E-state index in [4.69, 9.17) is 4.74 Å². The first-order valence-electron chi connectivity index (χ1n) is 4.94. The third kappa shape index (κ3) is 3.50. The molecule has 0 aromatic heterocycles. The number of halogens is 3. The maximum absolute atomic E-state index is 13.5. The Bertz CT molecular complexity index is 358. The minimum Gasteiger partial charge on any atom is -0.390 e. The first-order valence-corrected chi connectivity index (χ1v) is 5.73. The highest BCUT2D eigenvalue weighted by atomic mass is 79.9. The molecule has 0 fully saturated rings. The predicted molar refractivity (Wildman–Crippen MR) is 60.3 cm³/mol. The van der Waals surface area contributed by atoms with Gasteiger partial charge in [-0.2, -0.15) is 0 Å². The van der Waals surface area contributed by atoms with Crippen LogP contribution in [0.15, 0.2) is 16.6 Å². The van der Waals surface area contributed by atoms with Gasteiger partial charge in [-0.05, 0) is 35.0 Å². The molecule has 0 spiro atoms. The van der Waals surface area contributed by atoms with E-state index in [1.54, 1.807) is 6.92 Å². The Labute approximate surface area is 101 Å². The molecule has 0 aliphatic heterocycles. The second-order valence-electron chi connectivity index (χ2n) is 3.34. The minimum absolute atomic E-state index is 0.0713. The van der Waals surface area contributed by atoms with E-state index in [9.17, 15) is 13.9 Å². The first kappa shape index (κ1) is 13.5. The fraction of sp³-hybridized carbons (Fsp3) is 0.455. The van der Waals surface area contributed by atoms with Crippen molar-refractivity contribution in [3.8, 4) is 0 Å². The molecule has 0 bridgehead atoms. The number of hydrogen-bond donors (Lipinski definition) is 1. The molecule has 0 saturated heterocycles. The molecule has 0 aliphatic rings. The summed E-state index contributed by atoms with van der Waals surface area (Å²) in [6.07, 6.45) is -1.00. The number of rotatable bonds is 5. The van der Waals surface area contributed by atoms with Gasteiger partial charge in [0.1, 0.15) is 11.6 Å². The molecule has 0 aliphatic carbocycles. The van der Waals surface area contributed by atoms with E-state index in [-0.39, 0.29) is 23.1 Å². The van der Waals surface area contributed by atoms with Crippen LogP contribution in [0, 0.1) is 11.6 Å². The Balaban J connectivity index is 2.76. The van der Waals surface area contributed by atoms with E-state index < -0.39 is 17.7 Å². The van der Waals surface area contributed by atoms with Crippen molar-refractivity contribution in [3.63, 3.8) is 0 Å². The standard InChI is InChI=1S/C11H13BrF2O2/c1-2-16-6-7(15)5-8-10(13)4-3-9(12)11(8)14/h3-4,7,15H,2,5-6H2,1H3. The van der Waals surface area contributed by atoms with Gasteiger partial charge < -0.3 is 9.84 Å². The van der Waals surface area contributed by atoms with E-state index in [0.717, 1.165) is 6.07 Å². The maximum atomic E-state index is 13.5. The number of ether oxygens (including phenoxy) is 1. The molecule has 5 heteroatoms. The SMILES string of the molecule is CCOCC(O)Cc1c(F)ccc(Br)c1F. The first-order chi connectivity index (χ1) is 7.56. The van der Waals surface area contributed by atoms with E-state index in [1.165, 1.54) is 6.07 Å². The van der Waals surface area contributed by atoms with E-state index in [2.05, 4.69) is 15.9 Å². The highest BCUT2D eigenvalue weighted by molar-refractivity contribution is 9.10. The lowest BCUT2D eigenvalue weighted by Crippen LogP contribution is -2.19. The average Bonchev–Trinajstić information content (AvgIpc) is 2.27. The van der Waals surface area contributed by atoms with E-state index in [0.29, 0.717) is 6.61 Å². The third-order valence-corrected chi connectivity index (χ3v) is 2.71. The largest absolute Gasteiger partial charge is 0.390 e. The molecule has 1 aromatic rings. The third-order valence-electron chi connectivity index (χ3n) is 2.09. The molecule has 1 atom stereocenters. The zero-order chi connectivity index (χ0) is 12.1. The van der Waals surface area contributed by atoms with Crippen LogP contribution in [0.5, 0.6) is 0 Å². The Morgan fingerprint density at radius 3 is 2.75 bits per heavy atom. The van der Waals surface area contributed by atoms with Gasteiger partial charge in [0.15, 0.2) is 0 Å². The zero-order valence-electron chi connectivity index (χ0n) is 8.84. The van der Waals surface area contributed by atoms with Gasteiger partial charge in [0.25, 0.3) is 0 Å². The lowest BCUT2D eigenvalue weighted by molar-refractivity contribution is 0.0421. The van der Waals surface area contributed by atoms with Crippen LogP contribution in [0.25, 0.3) is 0 Å². The monoisotopic (exact) mass is 294 g/mol. The molecule has 1 N–H and O–H groups in total. The van der Waals surface area contributed by atoms with Crippen LogP contribution >= 0.6 is 15.9 Å². The molecule has 1 unspecified atom stereocenters. The predicted octanol–water partition coefficient (Wildman–Crippen LogP) is 2.67. The summed E-state index contributed by atoms with van der Waals surface area (Å²) in [6.45, 7) is 2.31. The van der Waals surface area contributed by atoms with Gasteiger partial charge in [-0.15, -0.1) is 0 Å². The number of hydrogen-bond acceptors (Lipinski definition) is 2. The molecule has 16 heavy (non-hydrogen) atoms. The molecular formula is C11H13BrF2O2. The fourth-order valence-electron chi connectivity index (χ4n) is 1.30. The summed E-state index contributed by atoms with van der Waals surface area (Å²) >= 11 is 2.97. The molecule has 0 amide bonds. The highest BCUT2D eigenvalue weighted by Crippen LogP contribution is 2.22. The molecule has 2 nitrogen and oxygen atoms in total. The van der Waals surface area contributed by atoms with Crippen LogP contribution in [0.1, 0.15) is 12.5 Å². The Kier molecular flexibility index (Phi) is 5.31.